The number of ether oxygens (including phenoxy) is 1. The third-order valence-corrected chi connectivity index (χ3v) is 5.65. The van der Waals surface area contributed by atoms with Crippen molar-refractivity contribution < 1.29 is 18.7 Å². The van der Waals surface area contributed by atoms with Crippen molar-refractivity contribution in [2.45, 2.75) is 38.6 Å². The van der Waals surface area contributed by atoms with E-state index in [0.717, 1.165) is 53.5 Å². The molecule has 0 saturated carbocycles. The second-order valence-corrected chi connectivity index (χ2v) is 8.37. The van der Waals surface area contributed by atoms with Crippen molar-refractivity contribution in [3.8, 4) is 17.6 Å². The molecule has 1 aromatic heterocycles. The van der Waals surface area contributed by atoms with Gasteiger partial charge in [-0.2, -0.15) is 0 Å². The molecule has 0 radical (unpaired) electrons. The zero-order valence-corrected chi connectivity index (χ0v) is 19.8. The van der Waals surface area contributed by atoms with Crippen molar-refractivity contribution in [1.29, 1.82) is 0 Å². The van der Waals surface area contributed by atoms with E-state index in [1.807, 2.05) is 18.2 Å². The molecule has 0 aliphatic heterocycles. The summed E-state index contributed by atoms with van der Waals surface area (Å²) in [4.78, 5) is 13.2. The van der Waals surface area contributed by atoms with Gasteiger partial charge in [-0.25, -0.2) is 0 Å². The van der Waals surface area contributed by atoms with E-state index in [1.54, 1.807) is 13.3 Å². The van der Waals surface area contributed by atoms with E-state index in [4.69, 9.17) is 9.63 Å². The van der Waals surface area contributed by atoms with Gasteiger partial charge in [-0.15, -0.1) is 9.42 Å². The molecule has 1 heterocycles. The number of pyridine rings is 1. The van der Waals surface area contributed by atoms with Crippen LogP contribution < -0.4 is 10.1 Å². The topological polar surface area (TPSA) is 80.7 Å². The Morgan fingerprint density at radius 3 is 2.88 bits per heavy atom. The van der Waals surface area contributed by atoms with E-state index in [9.17, 15) is 4.57 Å². The summed E-state index contributed by atoms with van der Waals surface area (Å²) in [6, 6.07) is 16.3. The summed E-state index contributed by atoms with van der Waals surface area (Å²) in [7, 11) is -0.826. The highest BCUT2D eigenvalue weighted by molar-refractivity contribution is 7.32. The first-order valence-corrected chi connectivity index (χ1v) is 12.3. The maximum Gasteiger partial charge on any atom is 0.694 e. The van der Waals surface area contributed by atoms with Gasteiger partial charge in [0.1, 0.15) is 12.4 Å². The molecule has 0 aliphatic carbocycles. The second-order valence-electron chi connectivity index (χ2n) is 7.63. The van der Waals surface area contributed by atoms with Crippen LogP contribution in [-0.4, -0.2) is 30.1 Å². The SMILES string of the molecule is COc1cccc(CCCCC#Cc2ccc(CNCCCO[P+](=O)O)c3ncccc23)c1. The second kappa shape index (κ2) is 13.7. The summed E-state index contributed by atoms with van der Waals surface area (Å²) in [6.45, 7) is 1.61. The number of nitrogens with zero attached hydrogens (tertiary/aromatic N) is 1. The molecule has 0 aliphatic rings. The third kappa shape index (κ3) is 8.24. The summed E-state index contributed by atoms with van der Waals surface area (Å²) in [6.07, 6.45) is 6.49. The van der Waals surface area contributed by atoms with Crippen LogP contribution in [0.25, 0.3) is 10.9 Å². The average molecular weight is 466 g/mol. The Hall–Kier alpha value is -2.81. The van der Waals surface area contributed by atoms with Crippen LogP contribution in [0, 0.1) is 11.8 Å². The lowest BCUT2D eigenvalue weighted by Gasteiger charge is -2.08. The van der Waals surface area contributed by atoms with Gasteiger partial charge in [-0.1, -0.05) is 36.1 Å². The van der Waals surface area contributed by atoms with E-state index >= 15 is 0 Å². The Kier molecular flexibility index (Phi) is 10.3. The molecule has 0 fully saturated rings. The fourth-order valence-corrected chi connectivity index (χ4v) is 3.86. The predicted octanol–water partition coefficient (Wildman–Crippen LogP) is 5.15. The molecule has 3 aromatic rings. The fraction of sp³-hybridized carbons (Fsp3) is 0.346. The summed E-state index contributed by atoms with van der Waals surface area (Å²) in [5.74, 6) is 7.55. The van der Waals surface area contributed by atoms with Gasteiger partial charge in [0, 0.05) is 34.7 Å². The van der Waals surface area contributed by atoms with Gasteiger partial charge in [0.05, 0.1) is 12.6 Å². The van der Waals surface area contributed by atoms with Crippen molar-refractivity contribution >= 4 is 19.2 Å². The van der Waals surface area contributed by atoms with E-state index in [1.165, 1.54) is 5.56 Å². The minimum Gasteiger partial charge on any atom is -0.497 e. The van der Waals surface area contributed by atoms with Crippen LogP contribution in [0.1, 0.15) is 42.4 Å². The van der Waals surface area contributed by atoms with Gasteiger partial charge >= 0.3 is 8.25 Å². The number of unbranched alkanes of at least 4 members (excludes halogenated alkanes) is 2. The van der Waals surface area contributed by atoms with Gasteiger partial charge in [-0.3, -0.25) is 4.98 Å². The summed E-state index contributed by atoms with van der Waals surface area (Å²) in [5, 5.41) is 4.39. The van der Waals surface area contributed by atoms with E-state index in [2.05, 4.69) is 57.0 Å². The first-order chi connectivity index (χ1) is 16.2. The normalized spacial score (nSPS) is 11.2. The van der Waals surface area contributed by atoms with Crippen molar-refractivity contribution in [1.82, 2.24) is 10.3 Å². The molecule has 172 valence electrons. The van der Waals surface area contributed by atoms with Crippen LogP contribution in [0.2, 0.25) is 0 Å². The molecule has 3 rings (SSSR count). The van der Waals surface area contributed by atoms with Crippen molar-refractivity contribution in [2.75, 3.05) is 20.3 Å². The van der Waals surface area contributed by atoms with Gasteiger partial charge < -0.3 is 10.1 Å². The number of nitrogens with one attached hydrogen (secondary N) is 1. The number of hydrogen-bond donors (Lipinski definition) is 2. The predicted molar refractivity (Wildman–Crippen MR) is 131 cm³/mol. The number of hydrogen-bond acceptors (Lipinski definition) is 5. The standard InChI is InChI=1S/C26H29N2O4P/c1-31-24-12-6-10-21(19-24)9-4-2-3-5-11-22-14-15-23(26-25(22)13-7-17-28-26)20-27-16-8-18-32-33(29)30/h6-7,10,12-15,17,19,27H,2-4,8-9,16,18,20H2,1H3/p+1. The highest BCUT2D eigenvalue weighted by Gasteiger charge is 2.10. The molecule has 2 aromatic carbocycles. The van der Waals surface area contributed by atoms with Crippen LogP contribution in [0.3, 0.4) is 0 Å². The number of fused-ring (bicyclic) bond motifs is 1. The van der Waals surface area contributed by atoms with Crippen LogP contribution in [0.4, 0.5) is 0 Å². The monoisotopic (exact) mass is 465 g/mol. The van der Waals surface area contributed by atoms with Gasteiger partial charge in [-0.05, 0) is 67.6 Å². The molecular weight excluding hydrogens is 435 g/mol. The lowest BCUT2D eigenvalue weighted by molar-refractivity contribution is 0.276. The Morgan fingerprint density at radius 1 is 1.12 bits per heavy atom. The lowest BCUT2D eigenvalue weighted by Crippen LogP contribution is -2.16. The Balaban J connectivity index is 1.51. The molecule has 6 nitrogen and oxygen atoms in total. The van der Waals surface area contributed by atoms with Crippen LogP contribution >= 0.6 is 8.25 Å². The largest absolute Gasteiger partial charge is 0.694 e. The Bertz CT molecular complexity index is 1120. The van der Waals surface area contributed by atoms with E-state index in [0.29, 0.717) is 19.5 Å². The Morgan fingerprint density at radius 2 is 2.03 bits per heavy atom. The minimum absolute atomic E-state index is 0.256. The van der Waals surface area contributed by atoms with Crippen LogP contribution in [0.5, 0.6) is 5.75 Å². The molecule has 0 amide bonds. The first kappa shape index (κ1) is 24.8. The van der Waals surface area contributed by atoms with Crippen molar-refractivity contribution in [3.63, 3.8) is 0 Å². The first-order valence-electron chi connectivity index (χ1n) is 11.2. The van der Waals surface area contributed by atoms with Crippen LogP contribution in [0.15, 0.2) is 54.7 Å². The summed E-state index contributed by atoms with van der Waals surface area (Å²) in [5.41, 5.74) is 4.34. The maximum absolute atomic E-state index is 10.5. The highest BCUT2D eigenvalue weighted by Crippen LogP contribution is 2.21. The number of aromatic nitrogens is 1. The number of methoxy groups -OCH3 is 1. The Labute approximate surface area is 196 Å². The molecule has 7 heteroatoms. The molecule has 0 saturated heterocycles. The van der Waals surface area contributed by atoms with Gasteiger partial charge in [0.25, 0.3) is 0 Å². The average Bonchev–Trinajstić information content (AvgIpc) is 2.84. The van der Waals surface area contributed by atoms with Crippen LogP contribution in [-0.2, 0) is 22.1 Å². The molecule has 2 N–H and O–H groups in total. The van der Waals surface area contributed by atoms with E-state index < -0.39 is 8.25 Å². The third-order valence-electron chi connectivity index (χ3n) is 5.24. The number of rotatable bonds is 12. The number of benzene rings is 2. The van der Waals surface area contributed by atoms with Gasteiger partial charge in [0.15, 0.2) is 0 Å². The maximum atomic E-state index is 10.5. The lowest BCUT2D eigenvalue weighted by atomic mass is 10.0. The number of aryl methyl sites for hydroxylation is 1. The van der Waals surface area contributed by atoms with E-state index in [-0.39, 0.29) is 6.61 Å². The molecule has 0 bridgehead atoms. The quantitative estimate of drug-likeness (QED) is 0.219. The molecule has 1 atom stereocenters. The summed E-state index contributed by atoms with van der Waals surface area (Å²) >= 11 is 0. The minimum atomic E-state index is -2.52. The summed E-state index contributed by atoms with van der Waals surface area (Å²) < 4.78 is 20.5. The zero-order chi connectivity index (χ0) is 23.3. The highest BCUT2D eigenvalue weighted by atomic mass is 31.1. The molecule has 33 heavy (non-hydrogen) atoms. The fourth-order valence-electron chi connectivity index (χ4n) is 3.57. The smallest absolute Gasteiger partial charge is 0.497 e. The molecular formula is C26H30N2O4P+. The van der Waals surface area contributed by atoms with Crippen molar-refractivity contribution in [2.24, 2.45) is 0 Å². The van der Waals surface area contributed by atoms with Gasteiger partial charge in [0.2, 0.25) is 0 Å². The molecule has 1 unspecified atom stereocenters. The molecule has 0 spiro atoms. The van der Waals surface area contributed by atoms with Crippen molar-refractivity contribution in [3.05, 3.63) is 71.4 Å². The zero-order valence-electron chi connectivity index (χ0n) is 18.9.